The quantitative estimate of drug-likeness (QED) is 0.576. The second-order valence-corrected chi connectivity index (χ2v) is 7.10. The normalized spacial score (nSPS) is 24.7. The Balaban J connectivity index is 1.57. The van der Waals surface area contributed by atoms with E-state index in [4.69, 9.17) is 16.3 Å². The van der Waals surface area contributed by atoms with E-state index in [1.807, 2.05) is 31.2 Å². The minimum Gasteiger partial charge on any atom is -0.456 e. The fourth-order valence-corrected chi connectivity index (χ4v) is 3.89. The predicted molar refractivity (Wildman–Crippen MR) is 100 cm³/mol. The van der Waals surface area contributed by atoms with E-state index in [9.17, 15) is 9.59 Å². The molecule has 0 radical (unpaired) electrons. The average Bonchev–Trinajstić information content (AvgIpc) is 2.90. The van der Waals surface area contributed by atoms with Gasteiger partial charge in [-0.05, 0) is 48.7 Å². The molecule has 1 heterocycles. The number of carbonyl (C=O) groups excluding carboxylic acids is 2. The Kier molecular flexibility index (Phi) is 4.29. The molecule has 0 spiro atoms. The average molecular weight is 368 g/mol. The second-order valence-electron chi connectivity index (χ2n) is 6.69. The molecule has 1 fully saturated rings. The van der Waals surface area contributed by atoms with Gasteiger partial charge in [0.1, 0.15) is 11.5 Å². The molecule has 4 rings (SSSR count). The fraction of sp³-hybridized carbons (Fsp3) is 0.238. The summed E-state index contributed by atoms with van der Waals surface area (Å²) in [6, 6.07) is 14.2. The molecule has 26 heavy (non-hydrogen) atoms. The van der Waals surface area contributed by atoms with Crippen molar-refractivity contribution in [2.45, 2.75) is 13.3 Å². The van der Waals surface area contributed by atoms with Crippen LogP contribution >= 0.6 is 11.6 Å². The van der Waals surface area contributed by atoms with E-state index >= 15 is 0 Å². The van der Waals surface area contributed by atoms with E-state index in [1.165, 1.54) is 4.90 Å². The molecule has 0 unspecified atom stereocenters. The number of fused-ring (bicyclic) bond motifs is 1. The van der Waals surface area contributed by atoms with Gasteiger partial charge >= 0.3 is 0 Å². The standard InChI is InChI=1S/C21H18ClNO3/c1-13-5-4-6-16-19(13)21(25)23(20(16)24)14-9-11-15(12-10-14)26-18-8-3-2-7-17(18)22/h2-5,7-13,16,19H,6H2,1H3/t13-,16+,19+/m0/s1. The molecule has 2 aromatic rings. The minimum absolute atomic E-state index is 0.0815. The SMILES string of the molecule is C[C@H]1C=CC[C@H]2C(=O)N(c3ccc(Oc4ccccc4Cl)cc3)C(=O)[C@H]12. The third-order valence-corrected chi connectivity index (χ3v) is 5.34. The Bertz CT molecular complexity index is 890. The number of benzene rings is 2. The predicted octanol–water partition coefficient (Wildman–Crippen LogP) is 4.83. The molecule has 4 nitrogen and oxygen atoms in total. The number of nitrogens with zero attached hydrogens (tertiary/aromatic N) is 1. The van der Waals surface area contributed by atoms with Crippen molar-refractivity contribution in [3.05, 3.63) is 65.7 Å². The van der Waals surface area contributed by atoms with Crippen molar-refractivity contribution >= 4 is 29.1 Å². The van der Waals surface area contributed by atoms with E-state index in [1.54, 1.807) is 36.4 Å². The van der Waals surface area contributed by atoms with Gasteiger partial charge in [0.2, 0.25) is 11.8 Å². The maximum atomic E-state index is 12.8. The molecular formula is C21H18ClNO3. The Morgan fingerprint density at radius 1 is 1.04 bits per heavy atom. The van der Waals surface area contributed by atoms with Crippen molar-refractivity contribution in [2.24, 2.45) is 17.8 Å². The molecule has 1 saturated heterocycles. The van der Waals surface area contributed by atoms with Crippen molar-refractivity contribution < 1.29 is 14.3 Å². The van der Waals surface area contributed by atoms with Crippen LogP contribution in [0.3, 0.4) is 0 Å². The van der Waals surface area contributed by atoms with Crippen molar-refractivity contribution in [3.63, 3.8) is 0 Å². The highest BCUT2D eigenvalue weighted by molar-refractivity contribution is 6.32. The first kappa shape index (κ1) is 16.9. The summed E-state index contributed by atoms with van der Waals surface area (Å²) in [5.74, 6) is 0.494. The molecule has 5 heteroatoms. The Morgan fingerprint density at radius 2 is 1.77 bits per heavy atom. The minimum atomic E-state index is -0.258. The zero-order valence-corrected chi connectivity index (χ0v) is 15.0. The number of hydrogen-bond acceptors (Lipinski definition) is 3. The van der Waals surface area contributed by atoms with Gasteiger partial charge in [0.05, 0.1) is 22.5 Å². The van der Waals surface area contributed by atoms with Crippen LogP contribution < -0.4 is 9.64 Å². The summed E-state index contributed by atoms with van der Waals surface area (Å²) < 4.78 is 5.76. The summed E-state index contributed by atoms with van der Waals surface area (Å²) in [4.78, 5) is 26.9. The van der Waals surface area contributed by atoms with Crippen molar-refractivity contribution in [1.29, 1.82) is 0 Å². The van der Waals surface area contributed by atoms with Crippen LogP contribution in [0.4, 0.5) is 5.69 Å². The molecule has 0 bridgehead atoms. The van der Waals surface area contributed by atoms with Gasteiger partial charge in [0.15, 0.2) is 0 Å². The summed E-state index contributed by atoms with van der Waals surface area (Å²) in [5, 5.41) is 0.520. The fourth-order valence-electron chi connectivity index (χ4n) is 3.72. The largest absolute Gasteiger partial charge is 0.456 e. The molecule has 1 aliphatic carbocycles. The molecule has 3 atom stereocenters. The molecule has 2 aliphatic rings. The highest BCUT2D eigenvalue weighted by atomic mass is 35.5. The first-order valence-corrected chi connectivity index (χ1v) is 9.01. The summed E-state index contributed by atoms with van der Waals surface area (Å²) in [7, 11) is 0. The van der Waals surface area contributed by atoms with Gasteiger partial charge in [0, 0.05) is 0 Å². The van der Waals surface area contributed by atoms with Gasteiger partial charge in [-0.2, -0.15) is 0 Å². The lowest BCUT2D eigenvalue weighted by Gasteiger charge is -2.22. The van der Waals surface area contributed by atoms with Crippen LogP contribution in [-0.2, 0) is 9.59 Å². The van der Waals surface area contributed by atoms with E-state index in [0.717, 1.165) is 0 Å². The van der Waals surface area contributed by atoms with Crippen molar-refractivity contribution in [2.75, 3.05) is 4.90 Å². The first-order chi connectivity index (χ1) is 12.6. The zero-order valence-electron chi connectivity index (χ0n) is 14.3. The second kappa shape index (κ2) is 6.61. The Morgan fingerprint density at radius 3 is 2.46 bits per heavy atom. The highest BCUT2D eigenvalue weighted by Gasteiger charge is 2.50. The third-order valence-electron chi connectivity index (χ3n) is 5.03. The molecule has 132 valence electrons. The number of amides is 2. The number of imide groups is 1. The number of allylic oxidation sites excluding steroid dienone is 2. The van der Waals surface area contributed by atoms with E-state index in [2.05, 4.69) is 0 Å². The van der Waals surface area contributed by atoms with E-state index < -0.39 is 0 Å². The lowest BCUT2D eigenvalue weighted by Crippen LogP contribution is -2.31. The molecule has 1 aliphatic heterocycles. The molecular weight excluding hydrogens is 350 g/mol. The molecule has 0 saturated carbocycles. The van der Waals surface area contributed by atoms with Gasteiger partial charge < -0.3 is 4.74 Å². The number of rotatable bonds is 3. The van der Waals surface area contributed by atoms with Gasteiger partial charge in [0.25, 0.3) is 0 Å². The van der Waals surface area contributed by atoms with Crippen molar-refractivity contribution in [1.82, 2.24) is 0 Å². The summed E-state index contributed by atoms with van der Waals surface area (Å²) in [5.41, 5.74) is 0.577. The lowest BCUT2D eigenvalue weighted by molar-refractivity contribution is -0.122. The summed E-state index contributed by atoms with van der Waals surface area (Å²) in [6.45, 7) is 1.99. The number of ether oxygens (including phenoxy) is 1. The van der Waals surface area contributed by atoms with Crippen LogP contribution in [0, 0.1) is 17.8 Å². The summed E-state index contributed by atoms with van der Waals surface area (Å²) >= 11 is 6.10. The third kappa shape index (κ3) is 2.80. The van der Waals surface area contributed by atoms with Gasteiger partial charge in [-0.25, -0.2) is 0 Å². The lowest BCUT2D eigenvalue weighted by atomic mass is 9.78. The van der Waals surface area contributed by atoms with E-state index in [0.29, 0.717) is 28.6 Å². The first-order valence-electron chi connectivity index (χ1n) is 8.63. The highest BCUT2D eigenvalue weighted by Crippen LogP contribution is 2.40. The Hall–Kier alpha value is -2.59. The number of carbonyl (C=O) groups is 2. The maximum absolute atomic E-state index is 12.8. The van der Waals surface area contributed by atoms with Crippen LogP contribution in [0.2, 0.25) is 5.02 Å². The topological polar surface area (TPSA) is 46.6 Å². The zero-order chi connectivity index (χ0) is 18.3. The van der Waals surface area contributed by atoms with Crippen molar-refractivity contribution in [3.8, 4) is 11.5 Å². The number of hydrogen-bond donors (Lipinski definition) is 0. The van der Waals surface area contributed by atoms with Gasteiger partial charge in [-0.15, -0.1) is 0 Å². The summed E-state index contributed by atoms with van der Waals surface area (Å²) in [6.07, 6.45) is 4.65. The van der Waals surface area contributed by atoms with Crippen LogP contribution in [0.1, 0.15) is 13.3 Å². The number of para-hydroxylation sites is 1. The molecule has 0 N–H and O–H groups in total. The van der Waals surface area contributed by atoms with Gasteiger partial charge in [-0.3, -0.25) is 14.5 Å². The molecule has 0 aromatic heterocycles. The van der Waals surface area contributed by atoms with E-state index in [-0.39, 0.29) is 29.6 Å². The maximum Gasteiger partial charge on any atom is 0.238 e. The van der Waals surface area contributed by atoms with Crippen LogP contribution in [0.15, 0.2) is 60.7 Å². The number of halogens is 1. The monoisotopic (exact) mass is 367 g/mol. The van der Waals surface area contributed by atoms with Gasteiger partial charge in [-0.1, -0.05) is 42.8 Å². The Labute approximate surface area is 157 Å². The molecule has 2 amide bonds. The molecule has 2 aromatic carbocycles. The van der Waals surface area contributed by atoms with Crippen LogP contribution in [0.5, 0.6) is 11.5 Å². The smallest absolute Gasteiger partial charge is 0.238 e. The number of anilines is 1. The van der Waals surface area contributed by atoms with Crippen LogP contribution in [-0.4, -0.2) is 11.8 Å². The van der Waals surface area contributed by atoms with Crippen LogP contribution in [0.25, 0.3) is 0 Å².